The van der Waals surface area contributed by atoms with Gasteiger partial charge in [0.2, 0.25) is 5.95 Å². The quantitative estimate of drug-likeness (QED) is 0.728. The van der Waals surface area contributed by atoms with Gasteiger partial charge >= 0.3 is 0 Å². The van der Waals surface area contributed by atoms with E-state index in [0.29, 0.717) is 0 Å². The summed E-state index contributed by atoms with van der Waals surface area (Å²) in [7, 11) is 2.09. The van der Waals surface area contributed by atoms with Gasteiger partial charge in [-0.25, -0.2) is 4.98 Å². The molecule has 4 nitrogen and oxygen atoms in total. The van der Waals surface area contributed by atoms with E-state index >= 15 is 0 Å². The lowest BCUT2D eigenvalue weighted by Gasteiger charge is -2.22. The molecule has 1 heterocycles. The molecule has 1 rings (SSSR count). The fourth-order valence-electron chi connectivity index (χ4n) is 1.72. The predicted octanol–water partition coefficient (Wildman–Crippen LogP) is 2.56. The Labute approximate surface area is 105 Å². The minimum Gasteiger partial charge on any atom is -0.360 e. The van der Waals surface area contributed by atoms with E-state index < -0.39 is 0 Å². The first-order valence-corrected chi connectivity index (χ1v) is 6.52. The first kappa shape index (κ1) is 13.7. The molecule has 0 atom stereocenters. The van der Waals surface area contributed by atoms with E-state index in [0.717, 1.165) is 31.4 Å². The Hall–Kier alpha value is -1.32. The molecule has 0 fully saturated rings. The predicted molar refractivity (Wildman–Crippen MR) is 73.8 cm³/mol. The van der Waals surface area contributed by atoms with Gasteiger partial charge in [-0.15, -0.1) is 0 Å². The molecule has 0 saturated heterocycles. The van der Waals surface area contributed by atoms with Crippen LogP contribution in [-0.4, -0.2) is 36.6 Å². The zero-order valence-corrected chi connectivity index (χ0v) is 11.5. The number of anilines is 2. The van der Waals surface area contributed by atoms with Crippen LogP contribution in [0.5, 0.6) is 0 Å². The van der Waals surface area contributed by atoms with Crippen LogP contribution in [-0.2, 0) is 0 Å². The van der Waals surface area contributed by atoms with Gasteiger partial charge in [-0.2, -0.15) is 4.98 Å². The number of rotatable bonds is 7. The van der Waals surface area contributed by atoms with Crippen LogP contribution in [0.15, 0.2) is 12.3 Å². The van der Waals surface area contributed by atoms with E-state index in [9.17, 15) is 0 Å². The molecule has 1 aromatic heterocycles. The summed E-state index contributed by atoms with van der Waals surface area (Å²) in [5.74, 6) is 1.84. The zero-order valence-electron chi connectivity index (χ0n) is 11.5. The molecule has 4 heteroatoms. The van der Waals surface area contributed by atoms with Crippen LogP contribution in [0.1, 0.15) is 33.6 Å². The molecule has 1 aromatic rings. The van der Waals surface area contributed by atoms with Crippen LogP contribution in [0.25, 0.3) is 0 Å². The lowest BCUT2D eigenvalue weighted by molar-refractivity contribution is 0.753. The number of nitrogens with zero attached hydrogens (tertiary/aromatic N) is 4. The van der Waals surface area contributed by atoms with E-state index in [1.54, 1.807) is 0 Å². The molecule has 0 radical (unpaired) electrons. The third-order valence-electron chi connectivity index (χ3n) is 2.91. The van der Waals surface area contributed by atoms with E-state index in [2.05, 4.69) is 47.6 Å². The lowest BCUT2D eigenvalue weighted by Crippen LogP contribution is -2.26. The van der Waals surface area contributed by atoms with Crippen LogP contribution in [0.4, 0.5) is 11.8 Å². The van der Waals surface area contributed by atoms with Gasteiger partial charge in [-0.1, -0.05) is 13.3 Å². The summed E-state index contributed by atoms with van der Waals surface area (Å²) < 4.78 is 0. The second kappa shape index (κ2) is 7.09. The van der Waals surface area contributed by atoms with Crippen molar-refractivity contribution in [1.29, 1.82) is 0 Å². The zero-order chi connectivity index (χ0) is 12.7. The van der Waals surface area contributed by atoms with Gasteiger partial charge in [0.25, 0.3) is 0 Å². The van der Waals surface area contributed by atoms with Crippen LogP contribution < -0.4 is 9.80 Å². The highest BCUT2D eigenvalue weighted by Gasteiger charge is 2.08. The fraction of sp³-hybridized carbons (Fsp3) is 0.692. The third kappa shape index (κ3) is 3.88. The van der Waals surface area contributed by atoms with Crippen molar-refractivity contribution in [2.24, 2.45) is 0 Å². The first-order chi connectivity index (χ1) is 8.22. The molecule has 0 spiro atoms. The first-order valence-electron chi connectivity index (χ1n) is 6.52. The summed E-state index contributed by atoms with van der Waals surface area (Å²) in [5.41, 5.74) is 0. The highest BCUT2D eigenvalue weighted by atomic mass is 15.3. The van der Waals surface area contributed by atoms with Gasteiger partial charge in [0.05, 0.1) is 0 Å². The Bertz CT molecular complexity index is 323. The van der Waals surface area contributed by atoms with Crippen LogP contribution in [0, 0.1) is 0 Å². The molecule has 0 N–H and O–H groups in total. The van der Waals surface area contributed by atoms with Crippen LogP contribution in [0.2, 0.25) is 0 Å². The number of unbranched alkanes of at least 4 members (excludes halogenated alkanes) is 1. The Morgan fingerprint density at radius 2 is 1.88 bits per heavy atom. The summed E-state index contributed by atoms with van der Waals surface area (Å²) in [6.45, 7) is 9.39. The smallest absolute Gasteiger partial charge is 0.227 e. The van der Waals surface area contributed by atoms with E-state index in [4.69, 9.17) is 0 Å². The fourth-order valence-corrected chi connectivity index (χ4v) is 1.72. The maximum atomic E-state index is 4.61. The summed E-state index contributed by atoms with van der Waals surface area (Å²) in [6, 6.07) is 1.97. The average molecular weight is 236 g/mol. The van der Waals surface area contributed by atoms with E-state index in [1.165, 1.54) is 12.8 Å². The summed E-state index contributed by atoms with van der Waals surface area (Å²) in [4.78, 5) is 13.3. The molecule has 0 aliphatic heterocycles. The SMILES string of the molecule is CCCCN(C)c1ccnc(N(CC)CC)n1. The molecular formula is C13H24N4. The molecule has 0 unspecified atom stereocenters. The number of hydrogen-bond acceptors (Lipinski definition) is 4. The van der Waals surface area contributed by atoms with Crippen molar-refractivity contribution in [3.63, 3.8) is 0 Å². The Kier molecular flexibility index (Phi) is 5.73. The van der Waals surface area contributed by atoms with Gasteiger partial charge in [0.15, 0.2) is 0 Å². The van der Waals surface area contributed by atoms with Crippen molar-refractivity contribution in [2.45, 2.75) is 33.6 Å². The van der Waals surface area contributed by atoms with Crippen molar-refractivity contribution in [3.8, 4) is 0 Å². The molecular weight excluding hydrogens is 212 g/mol. The normalized spacial score (nSPS) is 10.4. The van der Waals surface area contributed by atoms with E-state index in [-0.39, 0.29) is 0 Å². The van der Waals surface area contributed by atoms with Gasteiger partial charge in [0, 0.05) is 32.9 Å². The van der Waals surface area contributed by atoms with Gasteiger partial charge in [-0.05, 0) is 26.3 Å². The second-order valence-electron chi connectivity index (χ2n) is 4.16. The summed E-state index contributed by atoms with van der Waals surface area (Å²) in [6.07, 6.45) is 4.25. The minimum absolute atomic E-state index is 0.829. The molecule has 17 heavy (non-hydrogen) atoms. The van der Waals surface area contributed by atoms with Crippen molar-refractivity contribution in [1.82, 2.24) is 9.97 Å². The third-order valence-corrected chi connectivity index (χ3v) is 2.91. The Morgan fingerprint density at radius 1 is 1.18 bits per heavy atom. The van der Waals surface area contributed by atoms with Crippen molar-refractivity contribution in [2.75, 3.05) is 36.5 Å². The number of hydrogen-bond donors (Lipinski definition) is 0. The molecule has 96 valence electrons. The highest BCUT2D eigenvalue weighted by molar-refractivity contribution is 5.42. The van der Waals surface area contributed by atoms with Crippen LogP contribution in [0.3, 0.4) is 0 Å². The standard InChI is InChI=1S/C13H24N4/c1-5-8-11-16(4)12-9-10-14-13(15-12)17(6-2)7-3/h9-10H,5-8,11H2,1-4H3. The molecule has 0 aromatic carbocycles. The number of aromatic nitrogens is 2. The largest absolute Gasteiger partial charge is 0.360 e. The molecule has 0 aliphatic rings. The molecule has 0 aliphatic carbocycles. The highest BCUT2D eigenvalue weighted by Crippen LogP contribution is 2.13. The van der Waals surface area contributed by atoms with E-state index in [1.807, 2.05) is 12.3 Å². The van der Waals surface area contributed by atoms with Gasteiger partial charge in [-0.3, -0.25) is 0 Å². The van der Waals surface area contributed by atoms with Crippen molar-refractivity contribution in [3.05, 3.63) is 12.3 Å². The molecule has 0 bridgehead atoms. The lowest BCUT2D eigenvalue weighted by atomic mass is 10.3. The maximum Gasteiger partial charge on any atom is 0.227 e. The Balaban J connectivity index is 2.77. The van der Waals surface area contributed by atoms with Gasteiger partial charge < -0.3 is 9.80 Å². The Morgan fingerprint density at radius 3 is 2.47 bits per heavy atom. The topological polar surface area (TPSA) is 32.3 Å². The second-order valence-corrected chi connectivity index (χ2v) is 4.16. The van der Waals surface area contributed by atoms with Gasteiger partial charge in [0.1, 0.15) is 5.82 Å². The average Bonchev–Trinajstić information content (AvgIpc) is 2.38. The molecule has 0 amide bonds. The summed E-state index contributed by atoms with van der Waals surface area (Å²) >= 11 is 0. The molecule has 0 saturated carbocycles. The maximum absolute atomic E-state index is 4.61. The van der Waals surface area contributed by atoms with Crippen molar-refractivity contribution < 1.29 is 0 Å². The van der Waals surface area contributed by atoms with Crippen molar-refractivity contribution >= 4 is 11.8 Å². The monoisotopic (exact) mass is 236 g/mol. The summed E-state index contributed by atoms with van der Waals surface area (Å²) in [5, 5.41) is 0. The van der Waals surface area contributed by atoms with Crippen LogP contribution >= 0.6 is 0 Å². The minimum atomic E-state index is 0.829.